The lowest BCUT2D eigenvalue weighted by Crippen LogP contribution is -2.15. The molecule has 2 rings (SSSR count). The average molecular weight is 349 g/mol. The first-order valence-corrected chi connectivity index (χ1v) is 7.90. The molecule has 0 unspecified atom stereocenters. The lowest BCUT2D eigenvalue weighted by atomic mass is 10.0. The van der Waals surface area contributed by atoms with Crippen molar-refractivity contribution >= 4 is 24.0 Å². The molecule has 2 aromatic rings. The predicted octanol–water partition coefficient (Wildman–Crippen LogP) is 4.10. The lowest BCUT2D eigenvalue weighted by Gasteiger charge is -2.09. The molecule has 0 aliphatic carbocycles. The fraction of sp³-hybridized carbons (Fsp3) is 0.316. The molecule has 0 aliphatic heterocycles. The van der Waals surface area contributed by atoms with Gasteiger partial charge in [0.05, 0.1) is 13.0 Å². The number of amides is 1. The highest BCUT2D eigenvalue weighted by Crippen LogP contribution is 2.18. The van der Waals surface area contributed by atoms with Gasteiger partial charge in [-0.2, -0.15) is 0 Å². The van der Waals surface area contributed by atoms with Crippen LogP contribution in [0.15, 0.2) is 48.5 Å². The standard InChI is InChI=1S/C19H24N2O2.ClH/c1-14(2)16-5-9-18(10-6-16)23-12-11-19(22)21-17-7-3-15(13-20)4-8-17;/h3-10,14H,11-13,20H2,1-2H3,(H,21,22);1H. The molecule has 0 spiro atoms. The monoisotopic (exact) mass is 348 g/mol. The van der Waals surface area contributed by atoms with E-state index >= 15 is 0 Å². The minimum Gasteiger partial charge on any atom is -0.493 e. The lowest BCUT2D eigenvalue weighted by molar-refractivity contribution is -0.116. The molecule has 0 radical (unpaired) electrons. The molecule has 3 N–H and O–H groups in total. The Labute approximate surface area is 149 Å². The summed E-state index contributed by atoms with van der Waals surface area (Å²) >= 11 is 0. The van der Waals surface area contributed by atoms with Gasteiger partial charge in [-0.3, -0.25) is 4.79 Å². The molecule has 0 bridgehead atoms. The molecule has 0 saturated carbocycles. The van der Waals surface area contributed by atoms with Gasteiger partial charge >= 0.3 is 0 Å². The van der Waals surface area contributed by atoms with Crippen molar-refractivity contribution in [2.24, 2.45) is 5.73 Å². The van der Waals surface area contributed by atoms with Crippen LogP contribution in [0.5, 0.6) is 5.75 Å². The van der Waals surface area contributed by atoms with Gasteiger partial charge in [0.15, 0.2) is 0 Å². The third-order valence-corrected chi connectivity index (χ3v) is 3.62. The van der Waals surface area contributed by atoms with Crippen molar-refractivity contribution in [2.45, 2.75) is 32.7 Å². The van der Waals surface area contributed by atoms with Crippen molar-refractivity contribution in [1.29, 1.82) is 0 Å². The smallest absolute Gasteiger partial charge is 0.227 e. The van der Waals surface area contributed by atoms with Crippen molar-refractivity contribution in [2.75, 3.05) is 11.9 Å². The van der Waals surface area contributed by atoms with Gasteiger partial charge in [-0.05, 0) is 41.3 Å². The molecular weight excluding hydrogens is 324 g/mol. The van der Waals surface area contributed by atoms with E-state index < -0.39 is 0 Å². The van der Waals surface area contributed by atoms with Crippen molar-refractivity contribution in [3.8, 4) is 5.75 Å². The summed E-state index contributed by atoms with van der Waals surface area (Å²) in [6.07, 6.45) is 0.310. The molecule has 0 aliphatic rings. The number of hydrogen-bond acceptors (Lipinski definition) is 3. The fourth-order valence-electron chi connectivity index (χ4n) is 2.16. The topological polar surface area (TPSA) is 64.3 Å². The largest absolute Gasteiger partial charge is 0.493 e. The number of halogens is 1. The van der Waals surface area contributed by atoms with Gasteiger partial charge in [-0.25, -0.2) is 0 Å². The summed E-state index contributed by atoms with van der Waals surface area (Å²) < 4.78 is 5.61. The second-order valence-electron chi connectivity index (χ2n) is 5.77. The third-order valence-electron chi connectivity index (χ3n) is 3.62. The Kier molecular flexibility index (Phi) is 8.30. The van der Waals surface area contributed by atoms with E-state index in [0.29, 0.717) is 25.5 Å². The summed E-state index contributed by atoms with van der Waals surface area (Å²) in [4.78, 5) is 11.9. The van der Waals surface area contributed by atoms with E-state index in [9.17, 15) is 4.79 Å². The Morgan fingerprint density at radius 2 is 1.71 bits per heavy atom. The van der Waals surface area contributed by atoms with Crippen molar-refractivity contribution in [1.82, 2.24) is 0 Å². The van der Waals surface area contributed by atoms with Gasteiger partial charge in [0.2, 0.25) is 5.91 Å². The molecule has 0 fully saturated rings. The van der Waals surface area contributed by atoms with Crippen molar-refractivity contribution in [3.05, 3.63) is 59.7 Å². The summed E-state index contributed by atoms with van der Waals surface area (Å²) in [6.45, 7) is 5.16. The predicted molar refractivity (Wildman–Crippen MR) is 101 cm³/mol. The second kappa shape index (κ2) is 9.96. The van der Waals surface area contributed by atoms with E-state index in [1.807, 2.05) is 36.4 Å². The minimum atomic E-state index is -0.0655. The number of hydrogen-bond donors (Lipinski definition) is 2. The summed E-state index contributed by atoms with van der Waals surface area (Å²) in [5, 5.41) is 2.84. The Bertz CT molecular complexity index is 625. The van der Waals surface area contributed by atoms with Crippen LogP contribution < -0.4 is 15.8 Å². The quantitative estimate of drug-likeness (QED) is 0.791. The zero-order valence-electron chi connectivity index (χ0n) is 14.1. The summed E-state index contributed by atoms with van der Waals surface area (Å²) in [7, 11) is 0. The van der Waals surface area contributed by atoms with E-state index in [-0.39, 0.29) is 18.3 Å². The molecular formula is C19H25ClN2O2. The maximum Gasteiger partial charge on any atom is 0.227 e. The molecule has 0 saturated heterocycles. The maximum absolute atomic E-state index is 11.9. The molecule has 4 nitrogen and oxygen atoms in total. The van der Waals surface area contributed by atoms with Crippen molar-refractivity contribution in [3.63, 3.8) is 0 Å². The first-order chi connectivity index (χ1) is 11.1. The molecule has 1 amide bonds. The first-order valence-electron chi connectivity index (χ1n) is 7.90. The molecule has 0 atom stereocenters. The van der Waals surface area contributed by atoms with E-state index in [0.717, 1.165) is 17.0 Å². The number of carbonyl (C=O) groups excluding carboxylic acids is 1. The normalized spacial score (nSPS) is 10.2. The number of anilines is 1. The van der Waals surface area contributed by atoms with Crippen LogP contribution in [0.25, 0.3) is 0 Å². The summed E-state index contributed by atoms with van der Waals surface area (Å²) in [6, 6.07) is 15.5. The highest BCUT2D eigenvalue weighted by molar-refractivity contribution is 5.90. The average Bonchev–Trinajstić information content (AvgIpc) is 2.56. The molecule has 130 valence electrons. The number of nitrogens with two attached hydrogens (primary N) is 1. The van der Waals surface area contributed by atoms with Crippen LogP contribution in [0.3, 0.4) is 0 Å². The fourth-order valence-corrected chi connectivity index (χ4v) is 2.16. The van der Waals surface area contributed by atoms with Crippen LogP contribution in [-0.4, -0.2) is 12.5 Å². The highest BCUT2D eigenvalue weighted by atomic mass is 35.5. The number of ether oxygens (including phenoxy) is 1. The summed E-state index contributed by atoms with van der Waals surface area (Å²) in [5.41, 5.74) is 8.63. The highest BCUT2D eigenvalue weighted by Gasteiger charge is 2.04. The summed E-state index contributed by atoms with van der Waals surface area (Å²) in [5.74, 6) is 1.22. The van der Waals surface area contributed by atoms with E-state index in [2.05, 4.69) is 31.3 Å². The van der Waals surface area contributed by atoms with Gasteiger partial charge < -0.3 is 15.8 Å². The van der Waals surface area contributed by atoms with E-state index in [1.165, 1.54) is 5.56 Å². The molecule has 5 heteroatoms. The Morgan fingerprint density at radius 1 is 1.08 bits per heavy atom. The number of rotatable bonds is 7. The first kappa shape index (κ1) is 20.0. The van der Waals surface area contributed by atoms with Crippen LogP contribution >= 0.6 is 12.4 Å². The second-order valence-corrected chi connectivity index (χ2v) is 5.77. The van der Waals surface area contributed by atoms with Crippen molar-refractivity contribution < 1.29 is 9.53 Å². The third kappa shape index (κ3) is 6.22. The zero-order valence-corrected chi connectivity index (χ0v) is 14.9. The minimum absolute atomic E-state index is 0. The van der Waals surface area contributed by atoms with Gasteiger partial charge in [0, 0.05) is 12.2 Å². The van der Waals surface area contributed by atoms with E-state index in [1.54, 1.807) is 0 Å². The maximum atomic E-state index is 11.9. The van der Waals surface area contributed by atoms with Crippen LogP contribution in [0.4, 0.5) is 5.69 Å². The van der Waals surface area contributed by atoms with E-state index in [4.69, 9.17) is 10.5 Å². The molecule has 2 aromatic carbocycles. The van der Waals surface area contributed by atoms with Crippen LogP contribution in [0, 0.1) is 0 Å². The SMILES string of the molecule is CC(C)c1ccc(OCCC(=O)Nc2ccc(CN)cc2)cc1.Cl. The molecule has 24 heavy (non-hydrogen) atoms. The Morgan fingerprint density at radius 3 is 2.25 bits per heavy atom. The van der Waals surface area contributed by atoms with Gasteiger partial charge in [0.25, 0.3) is 0 Å². The van der Waals surface area contributed by atoms with Crippen LogP contribution in [0.2, 0.25) is 0 Å². The van der Waals surface area contributed by atoms with Gasteiger partial charge in [-0.1, -0.05) is 38.1 Å². The Hall–Kier alpha value is -2.04. The number of benzene rings is 2. The van der Waals surface area contributed by atoms with Gasteiger partial charge in [-0.15, -0.1) is 12.4 Å². The Balaban J connectivity index is 0.00000288. The zero-order chi connectivity index (χ0) is 16.7. The van der Waals surface area contributed by atoms with Crippen LogP contribution in [0.1, 0.15) is 37.3 Å². The number of carbonyl (C=O) groups is 1. The number of nitrogens with one attached hydrogen (secondary N) is 1. The molecule has 0 heterocycles. The van der Waals surface area contributed by atoms with Gasteiger partial charge in [0.1, 0.15) is 5.75 Å². The van der Waals surface area contributed by atoms with Crippen LogP contribution in [-0.2, 0) is 11.3 Å². The molecule has 0 aromatic heterocycles.